The number of aromatic hydroxyl groups is 1. The molecular formula is C13H17NO. The van der Waals surface area contributed by atoms with E-state index in [9.17, 15) is 5.11 Å². The molecular weight excluding hydrogens is 186 g/mol. The molecule has 0 spiro atoms. The highest BCUT2D eigenvalue weighted by molar-refractivity contribution is 5.35. The van der Waals surface area contributed by atoms with Crippen LogP contribution in [0.15, 0.2) is 24.3 Å². The van der Waals surface area contributed by atoms with Crippen LogP contribution >= 0.6 is 0 Å². The van der Waals surface area contributed by atoms with Crippen LogP contribution in [-0.2, 0) is 5.41 Å². The molecule has 1 aliphatic carbocycles. The van der Waals surface area contributed by atoms with E-state index in [-0.39, 0.29) is 0 Å². The van der Waals surface area contributed by atoms with E-state index in [1.807, 2.05) is 12.1 Å². The summed E-state index contributed by atoms with van der Waals surface area (Å²) in [6.07, 6.45) is 3.90. The highest BCUT2D eigenvalue weighted by Gasteiger charge is 2.43. The van der Waals surface area contributed by atoms with Crippen molar-refractivity contribution in [1.82, 2.24) is 5.32 Å². The summed E-state index contributed by atoms with van der Waals surface area (Å²) in [6.45, 7) is 2.26. The van der Waals surface area contributed by atoms with Crippen molar-refractivity contribution in [2.75, 3.05) is 13.1 Å². The van der Waals surface area contributed by atoms with E-state index in [1.165, 1.54) is 31.4 Å². The number of phenolic OH excluding ortho intramolecular Hbond substituents is 1. The Bertz CT molecular complexity index is 373. The van der Waals surface area contributed by atoms with E-state index in [4.69, 9.17) is 0 Å². The molecule has 1 aromatic carbocycles. The molecule has 15 heavy (non-hydrogen) atoms. The first-order chi connectivity index (χ1) is 7.28. The SMILES string of the molecule is Oc1cccc(C23CCC(CNC2)C3)c1. The highest BCUT2D eigenvalue weighted by Crippen LogP contribution is 2.46. The number of hydrogen-bond acceptors (Lipinski definition) is 2. The van der Waals surface area contributed by atoms with E-state index in [2.05, 4.69) is 11.4 Å². The van der Waals surface area contributed by atoms with Crippen LogP contribution < -0.4 is 5.32 Å². The summed E-state index contributed by atoms with van der Waals surface area (Å²) in [7, 11) is 0. The maximum atomic E-state index is 9.55. The third-order valence-corrected chi connectivity index (χ3v) is 4.07. The largest absolute Gasteiger partial charge is 0.508 e. The van der Waals surface area contributed by atoms with Crippen LogP contribution in [0.4, 0.5) is 0 Å². The van der Waals surface area contributed by atoms with Crippen LogP contribution in [0.1, 0.15) is 24.8 Å². The van der Waals surface area contributed by atoms with Gasteiger partial charge in [-0.25, -0.2) is 0 Å². The molecule has 0 amide bonds. The first-order valence-corrected chi connectivity index (χ1v) is 5.79. The van der Waals surface area contributed by atoms with E-state index < -0.39 is 0 Å². The number of rotatable bonds is 1. The normalized spacial score (nSPS) is 34.3. The van der Waals surface area contributed by atoms with Crippen molar-refractivity contribution in [3.05, 3.63) is 29.8 Å². The number of nitrogens with one attached hydrogen (secondary N) is 1. The molecule has 2 atom stereocenters. The average molecular weight is 203 g/mol. The van der Waals surface area contributed by atoms with Gasteiger partial charge in [0.2, 0.25) is 0 Å². The molecule has 1 heterocycles. The summed E-state index contributed by atoms with van der Waals surface area (Å²) >= 11 is 0. The van der Waals surface area contributed by atoms with Gasteiger partial charge in [0.15, 0.2) is 0 Å². The van der Waals surface area contributed by atoms with Gasteiger partial charge in [-0.15, -0.1) is 0 Å². The average Bonchev–Trinajstić information content (AvgIpc) is 2.56. The zero-order valence-electron chi connectivity index (χ0n) is 8.87. The van der Waals surface area contributed by atoms with Crippen molar-refractivity contribution >= 4 is 0 Å². The van der Waals surface area contributed by atoms with Crippen LogP contribution in [0.5, 0.6) is 5.75 Å². The third-order valence-electron chi connectivity index (χ3n) is 4.07. The Morgan fingerprint density at radius 1 is 1.40 bits per heavy atom. The van der Waals surface area contributed by atoms with Gasteiger partial charge >= 0.3 is 0 Å². The molecule has 2 fully saturated rings. The van der Waals surface area contributed by atoms with Crippen molar-refractivity contribution in [2.24, 2.45) is 5.92 Å². The molecule has 2 unspecified atom stereocenters. The third kappa shape index (κ3) is 1.44. The Balaban J connectivity index is 1.98. The second-order valence-electron chi connectivity index (χ2n) is 5.07. The maximum absolute atomic E-state index is 9.55. The van der Waals surface area contributed by atoms with Crippen LogP contribution in [0.3, 0.4) is 0 Å². The van der Waals surface area contributed by atoms with E-state index >= 15 is 0 Å². The predicted octanol–water partition coefficient (Wildman–Crippen LogP) is 2.03. The Hall–Kier alpha value is -1.02. The molecule has 2 nitrogen and oxygen atoms in total. The number of benzene rings is 1. The topological polar surface area (TPSA) is 32.3 Å². The molecule has 1 aliphatic heterocycles. The van der Waals surface area contributed by atoms with Crippen LogP contribution in [0, 0.1) is 5.92 Å². The lowest BCUT2D eigenvalue weighted by Gasteiger charge is -2.34. The molecule has 1 saturated heterocycles. The summed E-state index contributed by atoms with van der Waals surface area (Å²) in [5.74, 6) is 1.25. The minimum absolute atomic E-state index is 0.307. The standard InChI is InChI=1S/C13H17NO/c15-12-3-1-2-11(6-12)13-5-4-10(7-13)8-14-9-13/h1-3,6,10,14-15H,4-5,7-9H2. The van der Waals surface area contributed by atoms with Crippen LogP contribution in [-0.4, -0.2) is 18.2 Å². The number of hydrogen-bond donors (Lipinski definition) is 2. The zero-order valence-corrected chi connectivity index (χ0v) is 8.87. The van der Waals surface area contributed by atoms with Gasteiger partial charge in [0.25, 0.3) is 0 Å². The Kier molecular flexibility index (Phi) is 1.99. The second kappa shape index (κ2) is 3.24. The Morgan fingerprint density at radius 2 is 2.33 bits per heavy atom. The molecule has 3 rings (SSSR count). The van der Waals surface area contributed by atoms with Gasteiger partial charge in [0.1, 0.15) is 5.75 Å². The van der Waals surface area contributed by atoms with Gasteiger partial charge < -0.3 is 10.4 Å². The van der Waals surface area contributed by atoms with Crippen molar-refractivity contribution in [3.63, 3.8) is 0 Å². The molecule has 1 saturated carbocycles. The van der Waals surface area contributed by atoms with E-state index in [0.29, 0.717) is 11.2 Å². The Morgan fingerprint density at radius 3 is 3.20 bits per heavy atom. The summed E-state index contributed by atoms with van der Waals surface area (Å²) in [5.41, 5.74) is 1.62. The fourth-order valence-corrected chi connectivity index (χ4v) is 3.29. The first-order valence-electron chi connectivity index (χ1n) is 5.79. The van der Waals surface area contributed by atoms with Crippen molar-refractivity contribution in [1.29, 1.82) is 0 Å². The first kappa shape index (κ1) is 9.22. The van der Waals surface area contributed by atoms with Gasteiger partial charge in [-0.3, -0.25) is 0 Å². The monoisotopic (exact) mass is 203 g/mol. The lowest BCUT2D eigenvalue weighted by Crippen LogP contribution is -2.42. The molecule has 0 radical (unpaired) electrons. The van der Waals surface area contributed by atoms with Crippen molar-refractivity contribution in [2.45, 2.75) is 24.7 Å². The highest BCUT2D eigenvalue weighted by atomic mass is 16.3. The van der Waals surface area contributed by atoms with Crippen molar-refractivity contribution in [3.8, 4) is 5.75 Å². The molecule has 0 aromatic heterocycles. The Labute approximate surface area is 90.3 Å². The van der Waals surface area contributed by atoms with Gasteiger partial charge in [-0.1, -0.05) is 12.1 Å². The number of fused-ring (bicyclic) bond motifs is 2. The molecule has 2 bridgehead atoms. The molecule has 80 valence electrons. The van der Waals surface area contributed by atoms with Crippen molar-refractivity contribution < 1.29 is 5.11 Å². The van der Waals surface area contributed by atoms with Crippen LogP contribution in [0.2, 0.25) is 0 Å². The molecule has 1 aromatic rings. The number of phenols is 1. The van der Waals surface area contributed by atoms with Gasteiger partial charge in [-0.05, 0) is 49.4 Å². The summed E-state index contributed by atoms with van der Waals surface area (Å²) in [6, 6.07) is 7.81. The fourth-order valence-electron chi connectivity index (χ4n) is 3.29. The number of piperidine rings is 1. The molecule has 2 heteroatoms. The van der Waals surface area contributed by atoms with Gasteiger partial charge in [0, 0.05) is 12.0 Å². The minimum atomic E-state index is 0.307. The quantitative estimate of drug-likeness (QED) is 0.732. The van der Waals surface area contributed by atoms with E-state index in [1.54, 1.807) is 6.07 Å². The van der Waals surface area contributed by atoms with Crippen LogP contribution in [0.25, 0.3) is 0 Å². The van der Waals surface area contributed by atoms with Gasteiger partial charge in [-0.2, -0.15) is 0 Å². The fraction of sp³-hybridized carbons (Fsp3) is 0.538. The summed E-state index contributed by atoms with van der Waals surface area (Å²) in [4.78, 5) is 0. The maximum Gasteiger partial charge on any atom is 0.115 e. The zero-order chi connectivity index (χ0) is 10.3. The van der Waals surface area contributed by atoms with E-state index in [0.717, 1.165) is 12.5 Å². The summed E-state index contributed by atoms with van der Waals surface area (Å²) in [5, 5.41) is 13.1. The molecule has 2 N–H and O–H groups in total. The smallest absolute Gasteiger partial charge is 0.115 e. The lowest BCUT2D eigenvalue weighted by atomic mass is 9.76. The second-order valence-corrected chi connectivity index (χ2v) is 5.07. The predicted molar refractivity (Wildman–Crippen MR) is 60.0 cm³/mol. The molecule has 2 aliphatic rings. The minimum Gasteiger partial charge on any atom is -0.508 e. The lowest BCUT2D eigenvalue weighted by molar-refractivity contribution is 0.325. The summed E-state index contributed by atoms with van der Waals surface area (Å²) < 4.78 is 0. The van der Waals surface area contributed by atoms with Gasteiger partial charge in [0.05, 0.1) is 0 Å².